The van der Waals surface area contributed by atoms with Gasteiger partial charge in [0.15, 0.2) is 0 Å². The van der Waals surface area contributed by atoms with Crippen molar-refractivity contribution in [1.82, 2.24) is 0 Å². The van der Waals surface area contributed by atoms with Gasteiger partial charge in [0.05, 0.1) is 6.10 Å². The maximum absolute atomic E-state index is 10.0. The summed E-state index contributed by atoms with van der Waals surface area (Å²) in [4.78, 5) is 0. The lowest BCUT2D eigenvalue weighted by Gasteiger charge is -2.44. The molecule has 3 aliphatic rings. The van der Waals surface area contributed by atoms with Crippen molar-refractivity contribution in [2.75, 3.05) is 0 Å². The number of fused-ring (bicyclic) bond motifs is 1. The number of allylic oxidation sites excluding steroid dienone is 6. The van der Waals surface area contributed by atoms with E-state index in [9.17, 15) is 5.11 Å². The number of aliphatic hydroxyl groups is 1. The first-order valence-electron chi connectivity index (χ1n) is 12.2. The number of hydrogen-bond donors (Lipinski definition) is 1. The van der Waals surface area contributed by atoms with Crippen molar-refractivity contribution in [3.63, 3.8) is 0 Å². The van der Waals surface area contributed by atoms with Crippen LogP contribution in [0.5, 0.6) is 0 Å². The highest BCUT2D eigenvalue weighted by atomic mass is 16.3. The molecule has 0 aromatic rings. The number of aliphatic hydroxyl groups excluding tert-OH is 1. The maximum atomic E-state index is 10.0. The predicted octanol–water partition coefficient (Wildman–Crippen LogP) is 7.64. The van der Waals surface area contributed by atoms with Gasteiger partial charge in [-0.25, -0.2) is 0 Å². The first-order chi connectivity index (χ1) is 13.7. The summed E-state index contributed by atoms with van der Waals surface area (Å²) in [5.74, 6) is 3.58. The van der Waals surface area contributed by atoms with Gasteiger partial charge in [-0.2, -0.15) is 0 Å². The van der Waals surface area contributed by atoms with Gasteiger partial charge in [-0.05, 0) is 91.9 Å². The fraction of sp³-hybridized carbons (Fsp3) is 0.714. The van der Waals surface area contributed by atoms with Crippen LogP contribution in [0, 0.1) is 35.0 Å². The van der Waals surface area contributed by atoms with E-state index in [1.54, 1.807) is 5.57 Å². The monoisotopic (exact) mass is 396 g/mol. The lowest BCUT2D eigenvalue weighted by atomic mass is 9.61. The minimum atomic E-state index is -0.182. The van der Waals surface area contributed by atoms with Crippen molar-refractivity contribution in [1.29, 1.82) is 0 Å². The molecule has 0 heterocycles. The summed E-state index contributed by atoms with van der Waals surface area (Å²) in [5.41, 5.74) is 4.61. The molecule has 1 heteroatoms. The van der Waals surface area contributed by atoms with Gasteiger partial charge in [0, 0.05) is 0 Å². The van der Waals surface area contributed by atoms with Crippen molar-refractivity contribution in [3.8, 4) is 0 Å². The normalized spacial score (nSPS) is 38.2. The Bertz CT molecular complexity index is 678. The zero-order valence-electron chi connectivity index (χ0n) is 19.6. The van der Waals surface area contributed by atoms with E-state index in [4.69, 9.17) is 0 Å². The molecule has 6 atom stereocenters. The van der Waals surface area contributed by atoms with Gasteiger partial charge in [-0.3, -0.25) is 0 Å². The van der Waals surface area contributed by atoms with Crippen molar-refractivity contribution in [2.45, 2.75) is 92.1 Å². The fourth-order valence-electron chi connectivity index (χ4n) is 6.25. The molecular weight excluding hydrogens is 352 g/mol. The SMILES string of the molecule is C=C1CC[C@H](O)C/C1=C/C=C1\CCC[C@]2(C)[C@@H](C(C)/C=C/C(C)C(C)C)CC[C@@H]12. The van der Waals surface area contributed by atoms with Crippen LogP contribution >= 0.6 is 0 Å². The van der Waals surface area contributed by atoms with Gasteiger partial charge >= 0.3 is 0 Å². The summed E-state index contributed by atoms with van der Waals surface area (Å²) in [5, 5.41) is 10.0. The molecule has 162 valence electrons. The molecule has 2 unspecified atom stereocenters. The lowest BCUT2D eigenvalue weighted by Crippen LogP contribution is -2.35. The van der Waals surface area contributed by atoms with Crippen molar-refractivity contribution < 1.29 is 5.11 Å². The van der Waals surface area contributed by atoms with E-state index in [1.807, 2.05) is 0 Å². The third-order valence-electron chi connectivity index (χ3n) is 8.63. The first-order valence-corrected chi connectivity index (χ1v) is 12.2. The highest BCUT2D eigenvalue weighted by molar-refractivity contribution is 5.36. The standard InChI is InChI=1S/C28H44O/c1-19(2)20(3)9-10-22(5)26-15-16-27-23(8-7-17-28(26,27)6)12-13-24-18-25(29)14-11-21(24)4/h9-10,12-13,19-20,22,25-27,29H,4,7-8,11,14-18H2,1-3,5-6H3/b10-9+,23-12+,24-13-/t20?,22?,25-,26+,27-,28+/m0/s1. The first kappa shape index (κ1) is 22.6. The highest BCUT2D eigenvalue weighted by Gasteiger charge is 2.50. The second kappa shape index (κ2) is 9.38. The van der Waals surface area contributed by atoms with Crippen LogP contribution in [0.2, 0.25) is 0 Å². The summed E-state index contributed by atoms with van der Waals surface area (Å²) in [6.07, 6.45) is 18.8. The number of rotatable bonds is 5. The largest absolute Gasteiger partial charge is 0.393 e. The average molecular weight is 397 g/mol. The van der Waals surface area contributed by atoms with Crippen LogP contribution < -0.4 is 0 Å². The highest BCUT2D eigenvalue weighted by Crippen LogP contribution is 2.59. The fourth-order valence-corrected chi connectivity index (χ4v) is 6.25. The Labute approximate surface area is 180 Å². The Morgan fingerprint density at radius 1 is 1.03 bits per heavy atom. The molecule has 0 saturated heterocycles. The lowest BCUT2D eigenvalue weighted by molar-refractivity contribution is 0.112. The summed E-state index contributed by atoms with van der Waals surface area (Å²) in [7, 11) is 0. The third-order valence-corrected chi connectivity index (χ3v) is 8.63. The van der Waals surface area contributed by atoms with Crippen molar-refractivity contribution in [2.24, 2.45) is 35.0 Å². The molecule has 0 amide bonds. The smallest absolute Gasteiger partial charge is 0.0583 e. The van der Waals surface area contributed by atoms with Gasteiger partial charge in [0.2, 0.25) is 0 Å². The molecule has 3 fully saturated rings. The van der Waals surface area contributed by atoms with Crippen LogP contribution in [0.4, 0.5) is 0 Å². The van der Waals surface area contributed by atoms with Crippen LogP contribution in [0.1, 0.15) is 86.0 Å². The molecule has 0 aromatic heterocycles. The Kier molecular flexibility index (Phi) is 7.31. The Morgan fingerprint density at radius 3 is 2.52 bits per heavy atom. The molecule has 0 radical (unpaired) electrons. The Morgan fingerprint density at radius 2 is 1.79 bits per heavy atom. The van der Waals surface area contributed by atoms with Gasteiger partial charge in [0.1, 0.15) is 0 Å². The van der Waals surface area contributed by atoms with Crippen LogP contribution in [-0.2, 0) is 0 Å². The molecule has 0 spiro atoms. The minimum Gasteiger partial charge on any atom is -0.393 e. The van der Waals surface area contributed by atoms with E-state index in [-0.39, 0.29) is 6.10 Å². The van der Waals surface area contributed by atoms with E-state index < -0.39 is 0 Å². The predicted molar refractivity (Wildman–Crippen MR) is 126 cm³/mol. The van der Waals surface area contributed by atoms with Crippen molar-refractivity contribution >= 4 is 0 Å². The van der Waals surface area contributed by atoms with Crippen LogP contribution in [-0.4, -0.2) is 11.2 Å². The van der Waals surface area contributed by atoms with Gasteiger partial charge in [-0.1, -0.05) is 76.6 Å². The molecular formula is C28H44O. The molecule has 0 bridgehead atoms. The zero-order valence-corrected chi connectivity index (χ0v) is 19.6. The molecule has 0 aromatic carbocycles. The zero-order chi connectivity index (χ0) is 21.2. The topological polar surface area (TPSA) is 20.2 Å². The van der Waals surface area contributed by atoms with E-state index in [2.05, 4.69) is 65.5 Å². The molecule has 1 nitrogen and oxygen atoms in total. The summed E-state index contributed by atoms with van der Waals surface area (Å²) >= 11 is 0. The molecule has 29 heavy (non-hydrogen) atoms. The maximum Gasteiger partial charge on any atom is 0.0583 e. The molecule has 3 saturated carbocycles. The van der Waals surface area contributed by atoms with E-state index >= 15 is 0 Å². The van der Waals surface area contributed by atoms with Crippen molar-refractivity contribution in [3.05, 3.63) is 47.6 Å². The number of hydrogen-bond acceptors (Lipinski definition) is 1. The summed E-state index contributed by atoms with van der Waals surface area (Å²) in [6, 6.07) is 0. The minimum absolute atomic E-state index is 0.182. The molecule has 3 aliphatic carbocycles. The Balaban J connectivity index is 1.75. The van der Waals surface area contributed by atoms with Gasteiger partial charge < -0.3 is 5.11 Å². The third kappa shape index (κ3) is 4.98. The van der Waals surface area contributed by atoms with E-state index in [0.29, 0.717) is 17.3 Å². The summed E-state index contributed by atoms with van der Waals surface area (Å²) < 4.78 is 0. The van der Waals surface area contributed by atoms with Crippen LogP contribution in [0.25, 0.3) is 0 Å². The summed E-state index contributed by atoms with van der Waals surface area (Å²) in [6.45, 7) is 16.3. The average Bonchev–Trinajstić information content (AvgIpc) is 3.04. The van der Waals surface area contributed by atoms with E-state index in [0.717, 1.165) is 37.0 Å². The molecule has 3 rings (SSSR count). The Hall–Kier alpha value is -1.08. The van der Waals surface area contributed by atoms with Crippen LogP contribution in [0.15, 0.2) is 47.6 Å². The van der Waals surface area contributed by atoms with Gasteiger partial charge in [0.25, 0.3) is 0 Å². The quantitative estimate of drug-likeness (QED) is 0.473. The molecule has 1 N–H and O–H groups in total. The molecule has 0 aliphatic heterocycles. The second-order valence-electron chi connectivity index (χ2n) is 10.9. The van der Waals surface area contributed by atoms with Crippen LogP contribution in [0.3, 0.4) is 0 Å². The van der Waals surface area contributed by atoms with E-state index in [1.165, 1.54) is 43.3 Å². The van der Waals surface area contributed by atoms with Gasteiger partial charge in [-0.15, -0.1) is 0 Å². The second-order valence-corrected chi connectivity index (χ2v) is 10.9.